The molecule has 0 aromatic carbocycles. The molecule has 0 bridgehead atoms. The Balaban J connectivity index is 1.31. The summed E-state index contributed by atoms with van der Waals surface area (Å²) in [7, 11) is 0. The first-order valence-electron chi connectivity index (χ1n) is 12.0. The van der Waals surface area contributed by atoms with Gasteiger partial charge in [0.05, 0.1) is 17.2 Å². The molecular formula is C23H30F3N7O. The van der Waals surface area contributed by atoms with Gasteiger partial charge in [0.25, 0.3) is 0 Å². The first-order chi connectivity index (χ1) is 16.3. The molecule has 5 rings (SSSR count). The standard InChI is InChI=1S/C23H30F3N7O/c1-15-13-33(11-10-31-6-2-3-7-31)21(29-15)16-4-8-32(9-5-16)22-19-17(23(24,25)26)12-18(34)30-20(19)27-14-28-22/h13-14,16-17H,2-12H2,1H3,(H,27,28,30,34)/t17-/m1/s1. The highest BCUT2D eigenvalue weighted by Crippen LogP contribution is 2.46. The monoisotopic (exact) mass is 477 g/mol. The van der Waals surface area contributed by atoms with Crippen molar-refractivity contribution in [2.45, 2.75) is 63.6 Å². The number of piperidine rings is 1. The van der Waals surface area contributed by atoms with Gasteiger partial charge >= 0.3 is 6.18 Å². The molecule has 0 unspecified atom stereocenters. The molecule has 2 fully saturated rings. The number of aryl methyl sites for hydroxylation is 1. The first kappa shape index (κ1) is 23.1. The SMILES string of the molecule is Cc1cn(CCN2CCCC2)c(C2CCN(c3ncnc4c3[C@H](C(F)(F)F)CC(=O)N4)CC2)n1. The minimum Gasteiger partial charge on any atom is -0.356 e. The summed E-state index contributed by atoms with van der Waals surface area (Å²) in [5.41, 5.74) is 0.975. The van der Waals surface area contributed by atoms with Crippen LogP contribution in [0.25, 0.3) is 0 Å². The minimum absolute atomic E-state index is 0.0176. The number of aromatic nitrogens is 4. The van der Waals surface area contributed by atoms with Gasteiger partial charge in [-0.25, -0.2) is 15.0 Å². The van der Waals surface area contributed by atoms with Gasteiger partial charge in [0.15, 0.2) is 0 Å². The molecule has 0 radical (unpaired) electrons. The Bertz CT molecular complexity index is 1040. The van der Waals surface area contributed by atoms with Crippen LogP contribution in [0.1, 0.15) is 61.0 Å². The van der Waals surface area contributed by atoms with E-state index in [9.17, 15) is 18.0 Å². The van der Waals surface area contributed by atoms with Crippen LogP contribution in [0, 0.1) is 6.92 Å². The van der Waals surface area contributed by atoms with Crippen LogP contribution in [0.5, 0.6) is 0 Å². The Kier molecular flexibility index (Phi) is 6.22. The molecule has 1 atom stereocenters. The maximum atomic E-state index is 13.8. The van der Waals surface area contributed by atoms with Crippen molar-refractivity contribution >= 4 is 17.5 Å². The molecule has 8 nitrogen and oxygen atoms in total. The minimum atomic E-state index is -4.54. The number of halogens is 3. The smallest absolute Gasteiger partial charge is 0.356 e. The largest absolute Gasteiger partial charge is 0.396 e. The molecule has 3 aliphatic heterocycles. The maximum absolute atomic E-state index is 13.8. The molecule has 2 aromatic rings. The molecule has 0 aliphatic carbocycles. The summed E-state index contributed by atoms with van der Waals surface area (Å²) in [4.78, 5) is 29.2. The van der Waals surface area contributed by atoms with Crippen molar-refractivity contribution in [3.63, 3.8) is 0 Å². The summed E-state index contributed by atoms with van der Waals surface area (Å²) in [5.74, 6) is -0.995. The van der Waals surface area contributed by atoms with E-state index in [1.807, 2.05) is 11.8 Å². The van der Waals surface area contributed by atoms with Gasteiger partial charge < -0.3 is 19.7 Å². The van der Waals surface area contributed by atoms with Crippen LogP contribution in [-0.4, -0.2) is 69.2 Å². The third-order valence-corrected chi connectivity index (χ3v) is 7.20. The lowest BCUT2D eigenvalue weighted by Gasteiger charge is -2.36. The van der Waals surface area contributed by atoms with Crippen LogP contribution >= 0.6 is 0 Å². The molecule has 34 heavy (non-hydrogen) atoms. The van der Waals surface area contributed by atoms with Crippen molar-refractivity contribution in [2.75, 3.05) is 42.9 Å². The number of fused-ring (bicyclic) bond motifs is 1. The Morgan fingerprint density at radius 2 is 1.82 bits per heavy atom. The number of likely N-dealkylation sites (tertiary alicyclic amines) is 1. The van der Waals surface area contributed by atoms with Crippen LogP contribution < -0.4 is 10.2 Å². The van der Waals surface area contributed by atoms with Gasteiger partial charge in [-0.1, -0.05) is 0 Å². The summed E-state index contributed by atoms with van der Waals surface area (Å²) in [6.45, 7) is 7.38. The molecular weight excluding hydrogens is 447 g/mol. The fraction of sp³-hybridized carbons (Fsp3) is 0.652. The van der Waals surface area contributed by atoms with Gasteiger partial charge in [-0.05, 0) is 45.7 Å². The number of anilines is 2. The molecule has 2 saturated heterocycles. The Morgan fingerprint density at radius 1 is 1.09 bits per heavy atom. The molecule has 2 aromatic heterocycles. The van der Waals surface area contributed by atoms with E-state index in [1.54, 1.807) is 0 Å². The summed E-state index contributed by atoms with van der Waals surface area (Å²) in [5, 5.41) is 2.49. The highest BCUT2D eigenvalue weighted by molar-refractivity contribution is 5.94. The average molecular weight is 478 g/mol. The number of alkyl halides is 3. The maximum Gasteiger partial charge on any atom is 0.396 e. The van der Waals surface area contributed by atoms with Crippen molar-refractivity contribution < 1.29 is 18.0 Å². The average Bonchev–Trinajstić information content (AvgIpc) is 3.45. The van der Waals surface area contributed by atoms with Crippen molar-refractivity contribution in [1.82, 2.24) is 24.4 Å². The highest BCUT2D eigenvalue weighted by atomic mass is 19.4. The first-order valence-corrected chi connectivity index (χ1v) is 12.0. The van der Waals surface area contributed by atoms with Gasteiger partial charge in [-0.2, -0.15) is 13.2 Å². The number of rotatable bonds is 5. The fourth-order valence-corrected chi connectivity index (χ4v) is 5.48. The van der Waals surface area contributed by atoms with E-state index in [1.165, 1.54) is 19.2 Å². The van der Waals surface area contributed by atoms with Gasteiger partial charge in [0, 0.05) is 44.7 Å². The van der Waals surface area contributed by atoms with Crippen molar-refractivity contribution in [3.05, 3.63) is 29.6 Å². The molecule has 184 valence electrons. The number of nitrogens with one attached hydrogen (secondary N) is 1. The molecule has 5 heterocycles. The summed E-state index contributed by atoms with van der Waals surface area (Å²) in [6.07, 6.45) is 2.25. The lowest BCUT2D eigenvalue weighted by atomic mass is 9.90. The normalized spacial score (nSPS) is 22.2. The van der Waals surface area contributed by atoms with Crippen LogP contribution in [-0.2, 0) is 11.3 Å². The summed E-state index contributed by atoms with van der Waals surface area (Å²) >= 11 is 0. The van der Waals surface area contributed by atoms with E-state index in [2.05, 4.69) is 30.9 Å². The summed E-state index contributed by atoms with van der Waals surface area (Å²) in [6, 6.07) is 0. The molecule has 0 spiro atoms. The number of hydrogen-bond donors (Lipinski definition) is 1. The quantitative estimate of drug-likeness (QED) is 0.711. The van der Waals surface area contributed by atoms with Crippen molar-refractivity contribution in [2.24, 2.45) is 0 Å². The highest BCUT2D eigenvalue weighted by Gasteiger charge is 2.48. The van der Waals surface area contributed by atoms with E-state index < -0.39 is 24.4 Å². The molecule has 11 heteroatoms. The van der Waals surface area contributed by atoms with Crippen LogP contribution in [0.15, 0.2) is 12.5 Å². The summed E-state index contributed by atoms with van der Waals surface area (Å²) < 4.78 is 43.6. The lowest BCUT2D eigenvalue weighted by molar-refractivity contribution is -0.156. The number of carbonyl (C=O) groups is 1. The molecule has 1 N–H and O–H groups in total. The van der Waals surface area contributed by atoms with E-state index in [0.29, 0.717) is 13.1 Å². The topological polar surface area (TPSA) is 79.2 Å². The second-order valence-corrected chi connectivity index (χ2v) is 9.55. The number of nitrogens with zero attached hydrogens (tertiary/aromatic N) is 6. The predicted octanol–water partition coefficient (Wildman–Crippen LogP) is 3.45. The van der Waals surface area contributed by atoms with Crippen LogP contribution in [0.2, 0.25) is 0 Å². The van der Waals surface area contributed by atoms with E-state index in [0.717, 1.165) is 50.5 Å². The zero-order chi connectivity index (χ0) is 23.9. The van der Waals surface area contributed by atoms with E-state index in [-0.39, 0.29) is 23.1 Å². The van der Waals surface area contributed by atoms with Crippen molar-refractivity contribution in [3.8, 4) is 0 Å². The van der Waals surface area contributed by atoms with Gasteiger partial charge in [-0.3, -0.25) is 4.79 Å². The van der Waals surface area contributed by atoms with Gasteiger partial charge in [-0.15, -0.1) is 0 Å². The van der Waals surface area contributed by atoms with Crippen LogP contribution in [0.4, 0.5) is 24.8 Å². The number of amides is 1. The zero-order valence-electron chi connectivity index (χ0n) is 19.3. The fourth-order valence-electron chi connectivity index (χ4n) is 5.48. The van der Waals surface area contributed by atoms with Crippen molar-refractivity contribution in [1.29, 1.82) is 0 Å². The Labute approximate surface area is 196 Å². The zero-order valence-corrected chi connectivity index (χ0v) is 19.3. The lowest BCUT2D eigenvalue weighted by Crippen LogP contribution is -2.38. The van der Waals surface area contributed by atoms with Gasteiger partial charge in [0.1, 0.15) is 23.8 Å². The Morgan fingerprint density at radius 3 is 2.53 bits per heavy atom. The third kappa shape index (κ3) is 4.62. The van der Waals surface area contributed by atoms with E-state index >= 15 is 0 Å². The number of carbonyl (C=O) groups excluding carboxylic acids is 1. The molecule has 0 saturated carbocycles. The number of imidazole rings is 1. The third-order valence-electron chi connectivity index (χ3n) is 7.20. The van der Waals surface area contributed by atoms with Crippen LogP contribution in [0.3, 0.4) is 0 Å². The number of hydrogen-bond acceptors (Lipinski definition) is 6. The Hall–Kier alpha value is -2.69. The second-order valence-electron chi connectivity index (χ2n) is 9.55. The molecule has 1 amide bonds. The molecule has 3 aliphatic rings. The second kappa shape index (κ2) is 9.16. The predicted molar refractivity (Wildman–Crippen MR) is 121 cm³/mol. The van der Waals surface area contributed by atoms with Gasteiger partial charge in [0.2, 0.25) is 5.91 Å². The van der Waals surface area contributed by atoms with E-state index in [4.69, 9.17) is 4.98 Å².